The van der Waals surface area contributed by atoms with Gasteiger partial charge in [-0.1, -0.05) is 6.07 Å². The Morgan fingerprint density at radius 2 is 2.35 bits per heavy atom. The molecule has 0 aliphatic carbocycles. The molecule has 20 heavy (non-hydrogen) atoms. The van der Waals surface area contributed by atoms with Gasteiger partial charge in [0.15, 0.2) is 0 Å². The lowest BCUT2D eigenvalue weighted by atomic mass is 10.3. The first kappa shape index (κ1) is 14.1. The average molecular weight is 274 g/mol. The number of amides is 1. The number of benzene rings is 1. The predicted octanol–water partition coefficient (Wildman–Crippen LogP) is 1.25. The molecular weight excluding hydrogens is 256 g/mol. The highest BCUT2D eigenvalue weighted by Crippen LogP contribution is 2.17. The Morgan fingerprint density at radius 3 is 3.10 bits per heavy atom. The Kier molecular flexibility index (Phi) is 5.14. The van der Waals surface area contributed by atoms with Crippen LogP contribution in [-0.2, 0) is 11.3 Å². The van der Waals surface area contributed by atoms with Gasteiger partial charge in [0.25, 0.3) is 0 Å². The molecule has 0 unspecified atom stereocenters. The summed E-state index contributed by atoms with van der Waals surface area (Å²) in [6.45, 7) is 1.52. The SMILES string of the molecule is NCCOc1cccc(NC(=O)CCn2ccnc2)c1. The van der Waals surface area contributed by atoms with E-state index in [0.717, 1.165) is 5.69 Å². The van der Waals surface area contributed by atoms with Crippen LogP contribution >= 0.6 is 0 Å². The second-order valence-electron chi connectivity index (χ2n) is 4.26. The number of nitrogens with zero attached hydrogens (tertiary/aromatic N) is 2. The third-order valence-electron chi connectivity index (χ3n) is 2.66. The number of anilines is 1. The van der Waals surface area contributed by atoms with Gasteiger partial charge in [0, 0.05) is 43.7 Å². The van der Waals surface area contributed by atoms with Crippen LogP contribution in [0.15, 0.2) is 43.0 Å². The number of hydrogen-bond acceptors (Lipinski definition) is 4. The monoisotopic (exact) mass is 274 g/mol. The Labute approximate surface area is 117 Å². The van der Waals surface area contributed by atoms with E-state index in [9.17, 15) is 4.79 Å². The molecule has 2 aromatic rings. The molecule has 0 aliphatic heterocycles. The average Bonchev–Trinajstić information content (AvgIpc) is 2.97. The molecule has 1 aromatic carbocycles. The van der Waals surface area contributed by atoms with Gasteiger partial charge < -0.3 is 20.4 Å². The van der Waals surface area contributed by atoms with Gasteiger partial charge in [-0.2, -0.15) is 0 Å². The molecule has 0 fully saturated rings. The van der Waals surface area contributed by atoms with Gasteiger partial charge in [-0.25, -0.2) is 4.98 Å². The largest absolute Gasteiger partial charge is 0.492 e. The van der Waals surface area contributed by atoms with Crippen LogP contribution in [0.1, 0.15) is 6.42 Å². The zero-order chi connectivity index (χ0) is 14.2. The number of nitrogens with two attached hydrogens (primary N) is 1. The second-order valence-corrected chi connectivity index (χ2v) is 4.26. The summed E-state index contributed by atoms with van der Waals surface area (Å²) < 4.78 is 7.27. The quantitative estimate of drug-likeness (QED) is 0.796. The van der Waals surface area contributed by atoms with Gasteiger partial charge in [-0.3, -0.25) is 4.79 Å². The van der Waals surface area contributed by atoms with Crippen molar-refractivity contribution in [2.24, 2.45) is 5.73 Å². The van der Waals surface area contributed by atoms with Crippen LogP contribution in [0, 0.1) is 0 Å². The normalized spacial score (nSPS) is 10.2. The smallest absolute Gasteiger partial charge is 0.226 e. The van der Waals surface area contributed by atoms with Crippen LogP contribution in [0.25, 0.3) is 0 Å². The van der Waals surface area contributed by atoms with E-state index < -0.39 is 0 Å². The van der Waals surface area contributed by atoms with E-state index in [1.165, 1.54) is 0 Å². The molecule has 1 heterocycles. The van der Waals surface area contributed by atoms with Crippen molar-refractivity contribution in [3.63, 3.8) is 0 Å². The third-order valence-corrected chi connectivity index (χ3v) is 2.66. The minimum atomic E-state index is -0.0466. The first-order valence-electron chi connectivity index (χ1n) is 6.46. The van der Waals surface area contributed by atoms with Crippen molar-refractivity contribution in [2.75, 3.05) is 18.5 Å². The first-order valence-corrected chi connectivity index (χ1v) is 6.46. The molecule has 6 heteroatoms. The zero-order valence-corrected chi connectivity index (χ0v) is 11.2. The number of carbonyl (C=O) groups is 1. The highest BCUT2D eigenvalue weighted by molar-refractivity contribution is 5.90. The molecule has 0 radical (unpaired) electrons. The summed E-state index contributed by atoms with van der Waals surface area (Å²) in [5.41, 5.74) is 6.10. The molecule has 0 aliphatic rings. The molecule has 106 valence electrons. The van der Waals surface area contributed by atoms with E-state index in [-0.39, 0.29) is 5.91 Å². The van der Waals surface area contributed by atoms with Crippen molar-refractivity contribution in [1.82, 2.24) is 9.55 Å². The number of imidazole rings is 1. The fraction of sp³-hybridized carbons (Fsp3) is 0.286. The van der Waals surface area contributed by atoms with E-state index in [2.05, 4.69) is 10.3 Å². The minimum absolute atomic E-state index is 0.0466. The van der Waals surface area contributed by atoms with E-state index in [1.54, 1.807) is 18.6 Å². The highest BCUT2D eigenvalue weighted by Gasteiger charge is 2.04. The zero-order valence-electron chi connectivity index (χ0n) is 11.2. The summed E-state index contributed by atoms with van der Waals surface area (Å²) >= 11 is 0. The van der Waals surface area contributed by atoms with Gasteiger partial charge in [0.2, 0.25) is 5.91 Å². The number of rotatable bonds is 7. The predicted molar refractivity (Wildman–Crippen MR) is 76.5 cm³/mol. The summed E-state index contributed by atoms with van der Waals surface area (Å²) in [4.78, 5) is 15.8. The van der Waals surface area contributed by atoms with Gasteiger partial charge in [-0.05, 0) is 12.1 Å². The van der Waals surface area contributed by atoms with Gasteiger partial charge in [-0.15, -0.1) is 0 Å². The number of carbonyl (C=O) groups excluding carboxylic acids is 1. The number of nitrogens with one attached hydrogen (secondary N) is 1. The number of hydrogen-bond donors (Lipinski definition) is 2. The third kappa shape index (κ3) is 4.40. The molecule has 6 nitrogen and oxygen atoms in total. The lowest BCUT2D eigenvalue weighted by Crippen LogP contribution is -2.14. The molecule has 1 amide bonds. The Hall–Kier alpha value is -2.34. The molecule has 0 bridgehead atoms. The number of aromatic nitrogens is 2. The lowest BCUT2D eigenvalue weighted by Gasteiger charge is -2.08. The maximum absolute atomic E-state index is 11.8. The molecule has 2 rings (SSSR count). The van der Waals surface area contributed by atoms with Crippen molar-refractivity contribution in [2.45, 2.75) is 13.0 Å². The Balaban J connectivity index is 1.84. The lowest BCUT2D eigenvalue weighted by molar-refractivity contribution is -0.116. The summed E-state index contributed by atoms with van der Waals surface area (Å²) in [7, 11) is 0. The molecule has 0 saturated carbocycles. The topological polar surface area (TPSA) is 82.2 Å². The Bertz CT molecular complexity index is 540. The van der Waals surface area contributed by atoms with E-state index in [4.69, 9.17) is 10.5 Å². The molecule has 0 spiro atoms. The summed E-state index contributed by atoms with van der Waals surface area (Å²) in [5, 5.41) is 2.84. The minimum Gasteiger partial charge on any atom is -0.492 e. The van der Waals surface area contributed by atoms with E-state index in [0.29, 0.717) is 31.9 Å². The maximum Gasteiger partial charge on any atom is 0.226 e. The van der Waals surface area contributed by atoms with Crippen LogP contribution in [-0.4, -0.2) is 28.6 Å². The van der Waals surface area contributed by atoms with Crippen LogP contribution in [0.2, 0.25) is 0 Å². The van der Waals surface area contributed by atoms with Gasteiger partial charge >= 0.3 is 0 Å². The van der Waals surface area contributed by atoms with Crippen LogP contribution in [0.4, 0.5) is 5.69 Å². The van der Waals surface area contributed by atoms with Crippen molar-refractivity contribution in [3.8, 4) is 5.75 Å². The fourth-order valence-corrected chi connectivity index (χ4v) is 1.71. The molecule has 1 aromatic heterocycles. The summed E-state index contributed by atoms with van der Waals surface area (Å²) in [6, 6.07) is 7.27. The van der Waals surface area contributed by atoms with Gasteiger partial charge in [0.1, 0.15) is 12.4 Å². The molecular formula is C14H18N4O2. The molecule has 0 atom stereocenters. The van der Waals surface area contributed by atoms with Crippen molar-refractivity contribution < 1.29 is 9.53 Å². The van der Waals surface area contributed by atoms with E-state index >= 15 is 0 Å². The van der Waals surface area contributed by atoms with Crippen molar-refractivity contribution >= 4 is 11.6 Å². The van der Waals surface area contributed by atoms with Gasteiger partial charge in [0.05, 0.1) is 6.33 Å². The van der Waals surface area contributed by atoms with Crippen molar-refractivity contribution in [3.05, 3.63) is 43.0 Å². The maximum atomic E-state index is 11.8. The van der Waals surface area contributed by atoms with E-state index in [1.807, 2.05) is 29.0 Å². The molecule has 3 N–H and O–H groups in total. The standard InChI is InChI=1S/C14H18N4O2/c15-5-9-20-13-3-1-2-12(10-13)17-14(19)4-7-18-8-6-16-11-18/h1-3,6,8,10-11H,4-5,7,9,15H2,(H,17,19). The highest BCUT2D eigenvalue weighted by atomic mass is 16.5. The van der Waals surface area contributed by atoms with Crippen LogP contribution < -0.4 is 15.8 Å². The number of ether oxygens (including phenoxy) is 1. The first-order chi connectivity index (χ1) is 9.78. The molecule has 0 saturated heterocycles. The second kappa shape index (κ2) is 7.30. The van der Waals surface area contributed by atoms with Crippen LogP contribution in [0.3, 0.4) is 0 Å². The summed E-state index contributed by atoms with van der Waals surface area (Å²) in [5.74, 6) is 0.650. The Morgan fingerprint density at radius 1 is 1.45 bits per heavy atom. The summed E-state index contributed by atoms with van der Waals surface area (Å²) in [6.07, 6.45) is 5.60. The number of aryl methyl sites for hydroxylation is 1. The van der Waals surface area contributed by atoms with Crippen LogP contribution in [0.5, 0.6) is 5.75 Å². The van der Waals surface area contributed by atoms with Crippen molar-refractivity contribution in [1.29, 1.82) is 0 Å². The fourth-order valence-electron chi connectivity index (χ4n) is 1.71.